The molecule has 4 aliphatic rings. The first-order valence-electron chi connectivity index (χ1n) is 23.4. The predicted octanol–water partition coefficient (Wildman–Crippen LogP) is 9.40. The fourth-order valence-corrected chi connectivity index (χ4v) is 11.4. The van der Waals surface area contributed by atoms with Crippen molar-refractivity contribution >= 4 is 70.3 Å². The predicted molar refractivity (Wildman–Crippen MR) is 275 cm³/mol. The molecule has 0 spiro atoms. The van der Waals surface area contributed by atoms with Crippen molar-refractivity contribution in [3.63, 3.8) is 0 Å². The summed E-state index contributed by atoms with van der Waals surface area (Å²) in [6.45, 7) is 5.08. The van der Waals surface area contributed by atoms with Crippen LogP contribution in [0.25, 0.3) is 0 Å². The fourth-order valence-electron chi connectivity index (χ4n) is 9.54. The van der Waals surface area contributed by atoms with Crippen LogP contribution in [0.1, 0.15) is 69.7 Å². The molecule has 0 radical (unpaired) electrons. The van der Waals surface area contributed by atoms with Crippen LogP contribution in [0.2, 0.25) is 0 Å². The molecule has 5 aromatic carbocycles. The molecular weight excluding hydrogens is 943 g/mol. The Morgan fingerprint density at radius 2 is 1.38 bits per heavy atom. The van der Waals surface area contributed by atoms with Gasteiger partial charge in [0, 0.05) is 64.5 Å². The van der Waals surface area contributed by atoms with Gasteiger partial charge in [-0.05, 0) is 89.7 Å². The van der Waals surface area contributed by atoms with Crippen molar-refractivity contribution in [3.8, 4) is 34.8 Å². The number of anilines is 3. The van der Waals surface area contributed by atoms with Crippen LogP contribution >= 0.6 is 23.5 Å². The molecule has 0 saturated carbocycles. The molecular formula is C54H53N5O10S2. The van der Waals surface area contributed by atoms with Gasteiger partial charge in [0.05, 0.1) is 54.6 Å². The lowest BCUT2D eigenvalue weighted by molar-refractivity contribution is -0.142. The van der Waals surface area contributed by atoms with E-state index >= 15 is 0 Å². The van der Waals surface area contributed by atoms with Crippen LogP contribution in [0, 0.1) is 0 Å². The van der Waals surface area contributed by atoms with Gasteiger partial charge in [-0.25, -0.2) is 4.79 Å². The maximum Gasteiger partial charge on any atom is 0.343 e. The molecule has 4 aliphatic heterocycles. The minimum atomic E-state index is -0.594. The van der Waals surface area contributed by atoms with Gasteiger partial charge in [0.1, 0.15) is 13.2 Å². The van der Waals surface area contributed by atoms with Gasteiger partial charge in [-0.15, -0.1) is 28.3 Å². The van der Waals surface area contributed by atoms with Crippen LogP contribution in [0.4, 0.5) is 22.7 Å². The van der Waals surface area contributed by atoms with Crippen LogP contribution in [-0.2, 0) is 30.8 Å². The number of carbonyl (C=O) groups is 3. The molecule has 2 unspecified atom stereocenters. The van der Waals surface area contributed by atoms with E-state index in [1.807, 2.05) is 65.7 Å². The molecule has 0 aliphatic carbocycles. The SMILES string of the molecule is COc1cc2c(cc1OCc1cc(COc3cc4c(cc3OC)C(=O)N3c5ccccc5CC3CN4)cc(SCCCC(C)(C)SCC(=O)On3c(O)ccc3O)c1)N=CC1Cc3ccccc3N1C2=O. The highest BCUT2D eigenvalue weighted by Crippen LogP contribution is 2.43. The van der Waals surface area contributed by atoms with Crippen molar-refractivity contribution in [3.05, 3.63) is 137 Å². The second-order valence-corrected chi connectivity index (χ2v) is 21.2. The van der Waals surface area contributed by atoms with Crippen molar-refractivity contribution < 1.29 is 48.4 Å². The molecule has 71 heavy (non-hydrogen) atoms. The number of amides is 2. The molecule has 366 valence electrons. The Bertz CT molecular complexity index is 3060. The summed E-state index contributed by atoms with van der Waals surface area (Å²) < 4.78 is 25.1. The van der Waals surface area contributed by atoms with E-state index in [2.05, 4.69) is 37.4 Å². The third kappa shape index (κ3) is 9.80. The number of rotatable bonds is 17. The van der Waals surface area contributed by atoms with Crippen molar-refractivity contribution in [1.82, 2.24) is 4.73 Å². The van der Waals surface area contributed by atoms with Gasteiger partial charge in [0.25, 0.3) is 11.8 Å². The Morgan fingerprint density at radius 3 is 2.07 bits per heavy atom. The highest BCUT2D eigenvalue weighted by molar-refractivity contribution is 8.01. The number of methoxy groups -OCH3 is 2. The lowest BCUT2D eigenvalue weighted by Gasteiger charge is -2.23. The number of para-hydroxylation sites is 2. The maximum absolute atomic E-state index is 14.1. The van der Waals surface area contributed by atoms with Gasteiger partial charge < -0.3 is 44.2 Å². The van der Waals surface area contributed by atoms with E-state index in [1.54, 1.807) is 49.1 Å². The van der Waals surface area contributed by atoms with Crippen LogP contribution in [0.5, 0.6) is 34.8 Å². The Balaban J connectivity index is 0.858. The summed E-state index contributed by atoms with van der Waals surface area (Å²) in [6.07, 6.45) is 4.92. The number of nitrogens with one attached hydrogen (secondary N) is 1. The Morgan fingerprint density at radius 1 is 0.761 bits per heavy atom. The minimum absolute atomic E-state index is 0.0168. The molecule has 15 nitrogen and oxygen atoms in total. The van der Waals surface area contributed by atoms with Crippen molar-refractivity contribution in [1.29, 1.82) is 0 Å². The minimum Gasteiger partial charge on any atom is -0.493 e. The first-order chi connectivity index (χ1) is 34.4. The molecule has 3 N–H and O–H groups in total. The first kappa shape index (κ1) is 47.4. The lowest BCUT2D eigenvalue weighted by Crippen LogP contribution is -2.39. The van der Waals surface area contributed by atoms with E-state index in [-0.39, 0.29) is 59.4 Å². The number of aromatic nitrogens is 1. The Hall–Kier alpha value is -7.24. The van der Waals surface area contributed by atoms with E-state index < -0.39 is 5.97 Å². The van der Waals surface area contributed by atoms with Gasteiger partial charge in [0.2, 0.25) is 11.8 Å². The van der Waals surface area contributed by atoms with Crippen LogP contribution in [-0.4, -0.2) is 88.0 Å². The Kier molecular flexibility index (Phi) is 13.3. The first-order valence-corrected chi connectivity index (χ1v) is 25.3. The second kappa shape index (κ2) is 19.9. The number of hydrogen-bond acceptors (Lipinski definition) is 14. The average Bonchev–Trinajstić information content (AvgIpc) is 3.99. The third-order valence-corrected chi connectivity index (χ3v) is 15.5. The number of benzene rings is 5. The quantitative estimate of drug-likeness (QED) is 0.0583. The molecule has 0 bridgehead atoms. The van der Waals surface area contributed by atoms with Crippen LogP contribution < -0.4 is 38.9 Å². The molecule has 6 aromatic rings. The monoisotopic (exact) mass is 995 g/mol. The molecule has 1 aromatic heterocycles. The molecule has 5 heterocycles. The number of aromatic hydroxyl groups is 2. The van der Waals surface area contributed by atoms with E-state index in [1.165, 1.54) is 23.9 Å². The number of nitrogens with zero attached hydrogens (tertiary/aromatic N) is 4. The van der Waals surface area contributed by atoms with Crippen molar-refractivity contribution in [2.45, 2.75) is 74.5 Å². The molecule has 10 rings (SSSR count). The normalized spacial score (nSPS) is 16.4. The average molecular weight is 996 g/mol. The summed E-state index contributed by atoms with van der Waals surface area (Å²) in [6, 6.07) is 31.5. The zero-order chi connectivity index (χ0) is 49.4. The van der Waals surface area contributed by atoms with Gasteiger partial charge in [-0.3, -0.25) is 19.5 Å². The number of carbonyl (C=O) groups excluding carboxylic acids is 3. The number of thioether (sulfide) groups is 2. The van der Waals surface area contributed by atoms with Crippen LogP contribution in [0.3, 0.4) is 0 Å². The lowest BCUT2D eigenvalue weighted by atomic mass is 10.1. The fraction of sp³-hybridized carbons (Fsp3) is 0.296. The molecule has 0 saturated heterocycles. The number of aliphatic imine (C=N–C) groups is 1. The molecule has 2 amide bonds. The van der Waals surface area contributed by atoms with Gasteiger partial charge in [-0.2, -0.15) is 0 Å². The summed E-state index contributed by atoms with van der Waals surface area (Å²) in [4.78, 5) is 55.3. The molecule has 0 fully saturated rings. The largest absolute Gasteiger partial charge is 0.493 e. The number of ether oxygens (including phenoxy) is 4. The smallest absolute Gasteiger partial charge is 0.343 e. The molecule has 17 heteroatoms. The maximum atomic E-state index is 14.1. The number of hydrogen-bond donors (Lipinski definition) is 3. The highest BCUT2D eigenvalue weighted by Gasteiger charge is 2.39. The van der Waals surface area contributed by atoms with Gasteiger partial charge in [-0.1, -0.05) is 50.2 Å². The summed E-state index contributed by atoms with van der Waals surface area (Å²) in [5, 5.41) is 23.2. The highest BCUT2D eigenvalue weighted by atomic mass is 32.2. The zero-order valence-electron chi connectivity index (χ0n) is 39.7. The van der Waals surface area contributed by atoms with Crippen molar-refractivity contribution in [2.24, 2.45) is 4.99 Å². The van der Waals surface area contributed by atoms with Crippen molar-refractivity contribution in [2.75, 3.05) is 47.4 Å². The van der Waals surface area contributed by atoms with E-state index in [9.17, 15) is 24.6 Å². The summed E-state index contributed by atoms with van der Waals surface area (Å²) in [7, 11) is 3.12. The van der Waals surface area contributed by atoms with E-state index in [0.717, 1.165) is 63.5 Å². The third-order valence-electron chi connectivity index (χ3n) is 13.1. The van der Waals surface area contributed by atoms with Gasteiger partial charge in [0.15, 0.2) is 23.0 Å². The van der Waals surface area contributed by atoms with Gasteiger partial charge >= 0.3 is 5.97 Å². The summed E-state index contributed by atoms with van der Waals surface area (Å²) in [5.41, 5.74) is 7.96. The Labute approximate surface area is 419 Å². The van der Waals surface area contributed by atoms with E-state index in [0.29, 0.717) is 63.2 Å². The summed E-state index contributed by atoms with van der Waals surface area (Å²) in [5.74, 6) is 1.03. The van der Waals surface area contributed by atoms with E-state index in [4.69, 9.17) is 28.8 Å². The number of fused-ring (bicyclic) bond motifs is 8. The summed E-state index contributed by atoms with van der Waals surface area (Å²) >= 11 is 3.13. The standard InChI is InChI=1S/C54H53N5O10S2/c1-54(2,71-31-51(62)69-59-49(60)14-15-50(59)61)16-9-17-70-38-19-32(29-67-47-25-41-39(23-45(47)65-3)52(63)57-36(27-55-41)21-34-10-5-7-12-43(34)57)18-33(20-38)30-68-48-26-42-40(24-46(48)66-4)53(64)58-37(28-56-42)22-35-11-6-8-13-44(35)58/h5-8,10-15,18-20,23-27,36-37,56,60-61H,9,16-17,21-22,28-31H2,1-4H3. The molecule has 2 atom stereocenters. The topological polar surface area (TPSA) is 174 Å². The second-order valence-electron chi connectivity index (χ2n) is 18.3. The van der Waals surface area contributed by atoms with Crippen LogP contribution in [0.15, 0.2) is 113 Å². The zero-order valence-corrected chi connectivity index (χ0v) is 41.3.